The highest BCUT2D eigenvalue weighted by atomic mass is 16.2. The van der Waals surface area contributed by atoms with Crippen LogP contribution in [0.3, 0.4) is 0 Å². The lowest BCUT2D eigenvalue weighted by molar-refractivity contribution is -0.122. The fourth-order valence-electron chi connectivity index (χ4n) is 2.11. The standard InChI is InChI=1S/C14H19N5O2/c1-4-5-10(14(21)15-2)18-13(20)9-6-11-12(16-7-9)19(3)8-17-11/h6-8,10H,4-5H2,1-3H3,(H,15,21)(H,18,20). The molecule has 2 heterocycles. The van der Waals surface area contributed by atoms with Gasteiger partial charge in [0.1, 0.15) is 11.6 Å². The first kappa shape index (κ1) is 15.0. The van der Waals surface area contributed by atoms with E-state index in [9.17, 15) is 9.59 Å². The molecule has 0 spiro atoms. The lowest BCUT2D eigenvalue weighted by atomic mass is 10.1. The molecule has 0 radical (unpaired) electrons. The van der Waals surface area contributed by atoms with E-state index in [0.717, 1.165) is 6.42 Å². The lowest BCUT2D eigenvalue weighted by Crippen LogP contribution is -2.45. The lowest BCUT2D eigenvalue weighted by Gasteiger charge is -2.16. The van der Waals surface area contributed by atoms with E-state index in [2.05, 4.69) is 20.6 Å². The van der Waals surface area contributed by atoms with Gasteiger partial charge in [-0.2, -0.15) is 0 Å². The minimum atomic E-state index is -0.535. The van der Waals surface area contributed by atoms with Gasteiger partial charge in [0.15, 0.2) is 5.65 Å². The Morgan fingerprint density at radius 1 is 1.38 bits per heavy atom. The Labute approximate surface area is 122 Å². The van der Waals surface area contributed by atoms with Crippen LogP contribution in [0.4, 0.5) is 0 Å². The maximum atomic E-state index is 12.2. The Kier molecular flexibility index (Phi) is 4.52. The number of nitrogens with one attached hydrogen (secondary N) is 2. The average molecular weight is 289 g/mol. The number of carbonyl (C=O) groups is 2. The Morgan fingerprint density at radius 2 is 2.14 bits per heavy atom. The van der Waals surface area contributed by atoms with Crippen molar-refractivity contribution in [1.29, 1.82) is 0 Å². The number of amides is 2. The number of rotatable bonds is 5. The molecule has 2 N–H and O–H groups in total. The topological polar surface area (TPSA) is 88.9 Å². The van der Waals surface area contributed by atoms with Gasteiger partial charge in [-0.25, -0.2) is 9.97 Å². The molecule has 0 aliphatic rings. The predicted molar refractivity (Wildman–Crippen MR) is 78.7 cm³/mol. The molecule has 0 fully saturated rings. The molecule has 2 rings (SSSR count). The van der Waals surface area contributed by atoms with Crippen molar-refractivity contribution in [2.75, 3.05) is 7.05 Å². The minimum Gasteiger partial charge on any atom is -0.357 e. The highest BCUT2D eigenvalue weighted by molar-refractivity contribution is 5.99. The van der Waals surface area contributed by atoms with Crippen LogP contribution in [0.15, 0.2) is 18.6 Å². The molecule has 0 bridgehead atoms. The summed E-state index contributed by atoms with van der Waals surface area (Å²) in [4.78, 5) is 32.4. The van der Waals surface area contributed by atoms with Crippen molar-refractivity contribution in [2.24, 2.45) is 7.05 Å². The number of fused-ring (bicyclic) bond motifs is 1. The van der Waals surface area contributed by atoms with E-state index in [-0.39, 0.29) is 11.8 Å². The van der Waals surface area contributed by atoms with Crippen LogP contribution in [0.25, 0.3) is 11.2 Å². The largest absolute Gasteiger partial charge is 0.357 e. The first-order valence-electron chi connectivity index (χ1n) is 6.86. The van der Waals surface area contributed by atoms with Gasteiger partial charge in [0.2, 0.25) is 5.91 Å². The number of hydrogen-bond acceptors (Lipinski definition) is 4. The molecule has 0 aliphatic heterocycles. The van der Waals surface area contributed by atoms with E-state index in [0.29, 0.717) is 23.1 Å². The predicted octanol–water partition coefficient (Wildman–Crippen LogP) is 0.613. The van der Waals surface area contributed by atoms with Gasteiger partial charge in [-0.15, -0.1) is 0 Å². The number of hydrogen-bond donors (Lipinski definition) is 2. The van der Waals surface area contributed by atoms with Crippen LogP contribution in [0.2, 0.25) is 0 Å². The molecule has 2 amide bonds. The average Bonchev–Trinajstić information content (AvgIpc) is 2.86. The molecular weight excluding hydrogens is 270 g/mol. The van der Waals surface area contributed by atoms with E-state index >= 15 is 0 Å². The third-order valence-corrected chi connectivity index (χ3v) is 3.26. The summed E-state index contributed by atoms with van der Waals surface area (Å²) in [6.07, 6.45) is 4.52. The molecule has 112 valence electrons. The van der Waals surface area contributed by atoms with Crippen LogP contribution in [0.1, 0.15) is 30.1 Å². The second-order valence-electron chi connectivity index (χ2n) is 4.85. The maximum absolute atomic E-state index is 12.2. The molecule has 2 aromatic rings. The van der Waals surface area contributed by atoms with Gasteiger partial charge in [0.25, 0.3) is 5.91 Å². The highest BCUT2D eigenvalue weighted by Gasteiger charge is 2.20. The smallest absolute Gasteiger partial charge is 0.253 e. The van der Waals surface area contributed by atoms with Gasteiger partial charge in [0, 0.05) is 20.3 Å². The second-order valence-corrected chi connectivity index (χ2v) is 4.85. The quantitative estimate of drug-likeness (QED) is 0.844. The zero-order valence-electron chi connectivity index (χ0n) is 12.4. The van der Waals surface area contributed by atoms with Gasteiger partial charge < -0.3 is 15.2 Å². The van der Waals surface area contributed by atoms with Crippen molar-refractivity contribution in [3.05, 3.63) is 24.2 Å². The van der Waals surface area contributed by atoms with Crippen molar-refractivity contribution in [1.82, 2.24) is 25.2 Å². The van der Waals surface area contributed by atoms with E-state index in [1.807, 2.05) is 14.0 Å². The number of nitrogens with zero attached hydrogens (tertiary/aromatic N) is 3. The molecule has 0 saturated carbocycles. The van der Waals surface area contributed by atoms with Gasteiger partial charge in [0.05, 0.1) is 11.9 Å². The fraction of sp³-hybridized carbons (Fsp3) is 0.429. The number of aromatic nitrogens is 3. The minimum absolute atomic E-state index is 0.197. The van der Waals surface area contributed by atoms with Crippen LogP contribution in [0.5, 0.6) is 0 Å². The number of aryl methyl sites for hydroxylation is 1. The third-order valence-electron chi connectivity index (χ3n) is 3.26. The summed E-state index contributed by atoms with van der Waals surface area (Å²) in [5.74, 6) is -0.519. The summed E-state index contributed by atoms with van der Waals surface area (Å²) in [6, 6.07) is 1.14. The Morgan fingerprint density at radius 3 is 2.81 bits per heavy atom. The molecule has 21 heavy (non-hydrogen) atoms. The number of likely N-dealkylation sites (N-methyl/N-ethyl adjacent to an activating group) is 1. The molecule has 7 nitrogen and oxygen atoms in total. The molecule has 1 atom stereocenters. The molecule has 7 heteroatoms. The monoisotopic (exact) mass is 289 g/mol. The molecule has 0 aliphatic carbocycles. The molecule has 2 aromatic heterocycles. The van der Waals surface area contributed by atoms with Crippen LogP contribution >= 0.6 is 0 Å². The van der Waals surface area contributed by atoms with Crippen molar-refractivity contribution in [2.45, 2.75) is 25.8 Å². The van der Waals surface area contributed by atoms with Gasteiger partial charge in [-0.3, -0.25) is 9.59 Å². The van der Waals surface area contributed by atoms with E-state index in [1.165, 1.54) is 6.20 Å². The number of carbonyl (C=O) groups excluding carboxylic acids is 2. The zero-order chi connectivity index (χ0) is 15.4. The van der Waals surface area contributed by atoms with E-state index < -0.39 is 6.04 Å². The van der Waals surface area contributed by atoms with Crippen molar-refractivity contribution in [3.8, 4) is 0 Å². The normalized spacial score (nSPS) is 12.1. The van der Waals surface area contributed by atoms with E-state index in [4.69, 9.17) is 0 Å². The highest BCUT2D eigenvalue weighted by Crippen LogP contribution is 2.11. The van der Waals surface area contributed by atoms with Crippen LogP contribution in [-0.2, 0) is 11.8 Å². The van der Waals surface area contributed by atoms with Crippen LogP contribution in [0, 0.1) is 0 Å². The van der Waals surface area contributed by atoms with Crippen molar-refractivity contribution >= 4 is 23.0 Å². The molecule has 0 saturated heterocycles. The maximum Gasteiger partial charge on any atom is 0.253 e. The summed E-state index contributed by atoms with van der Waals surface area (Å²) in [5.41, 5.74) is 1.76. The van der Waals surface area contributed by atoms with Crippen LogP contribution in [-0.4, -0.2) is 39.4 Å². The second kappa shape index (κ2) is 6.34. The molecule has 0 aromatic carbocycles. The fourth-order valence-corrected chi connectivity index (χ4v) is 2.11. The first-order chi connectivity index (χ1) is 10.1. The molecule has 1 unspecified atom stereocenters. The van der Waals surface area contributed by atoms with E-state index in [1.54, 1.807) is 24.0 Å². The van der Waals surface area contributed by atoms with Gasteiger partial charge >= 0.3 is 0 Å². The van der Waals surface area contributed by atoms with Crippen molar-refractivity contribution < 1.29 is 9.59 Å². The summed E-state index contributed by atoms with van der Waals surface area (Å²) in [5, 5.41) is 5.29. The Hall–Kier alpha value is -2.44. The first-order valence-corrected chi connectivity index (χ1v) is 6.86. The van der Waals surface area contributed by atoms with Crippen molar-refractivity contribution in [3.63, 3.8) is 0 Å². The SMILES string of the molecule is CCCC(NC(=O)c1cnc2c(c1)ncn2C)C(=O)NC. The summed E-state index contributed by atoms with van der Waals surface area (Å²) < 4.78 is 1.78. The van der Waals surface area contributed by atoms with Gasteiger partial charge in [-0.1, -0.05) is 13.3 Å². The summed E-state index contributed by atoms with van der Waals surface area (Å²) in [6.45, 7) is 1.96. The third kappa shape index (κ3) is 3.18. The number of pyridine rings is 1. The van der Waals surface area contributed by atoms with Crippen LogP contribution < -0.4 is 10.6 Å². The number of imidazole rings is 1. The summed E-state index contributed by atoms with van der Waals surface area (Å²) in [7, 11) is 3.39. The summed E-state index contributed by atoms with van der Waals surface area (Å²) >= 11 is 0. The zero-order valence-corrected chi connectivity index (χ0v) is 12.4. The Bertz CT molecular complexity index is 664. The Balaban J connectivity index is 2.18. The molecular formula is C14H19N5O2. The van der Waals surface area contributed by atoms with Gasteiger partial charge in [-0.05, 0) is 12.5 Å².